The summed E-state index contributed by atoms with van der Waals surface area (Å²) >= 11 is 0. The minimum Gasteiger partial charge on any atom is -0.361 e. The molecule has 0 saturated carbocycles. The summed E-state index contributed by atoms with van der Waals surface area (Å²) < 4.78 is 4.99. The second-order valence-corrected chi connectivity index (χ2v) is 5.08. The molecule has 1 fully saturated rings. The lowest BCUT2D eigenvalue weighted by atomic mass is 10.2. The van der Waals surface area contributed by atoms with E-state index >= 15 is 0 Å². The van der Waals surface area contributed by atoms with Gasteiger partial charge in [-0.15, -0.1) is 0 Å². The number of hydrogen-bond donors (Lipinski definition) is 2. The molecule has 0 aliphatic carbocycles. The van der Waals surface area contributed by atoms with Gasteiger partial charge in [0.05, 0.1) is 5.69 Å². The molecule has 0 bridgehead atoms. The van der Waals surface area contributed by atoms with Crippen molar-refractivity contribution >= 4 is 23.3 Å². The van der Waals surface area contributed by atoms with E-state index in [4.69, 9.17) is 4.52 Å². The number of carbonyl (C=O) groups excluding carboxylic acids is 2. The zero-order chi connectivity index (χ0) is 15.7. The molecular formula is C15H16N4O3. The fourth-order valence-corrected chi connectivity index (χ4v) is 2.44. The first-order valence-corrected chi connectivity index (χ1v) is 6.96. The molecule has 1 saturated heterocycles. The number of aryl methyl sites for hydroxylation is 2. The number of nitrogens with zero attached hydrogens (tertiary/aromatic N) is 2. The van der Waals surface area contributed by atoms with Crippen LogP contribution in [0.1, 0.15) is 21.8 Å². The number of rotatable bonds is 3. The molecule has 0 spiro atoms. The van der Waals surface area contributed by atoms with Crippen LogP contribution in [0.4, 0.5) is 16.2 Å². The highest BCUT2D eigenvalue weighted by molar-refractivity contribution is 6.05. The molecule has 3 amide bonds. The molecule has 3 rings (SSSR count). The summed E-state index contributed by atoms with van der Waals surface area (Å²) in [7, 11) is 0. The molecule has 1 aliphatic heterocycles. The zero-order valence-electron chi connectivity index (χ0n) is 12.3. The Balaban J connectivity index is 1.74. The van der Waals surface area contributed by atoms with Gasteiger partial charge in [0.2, 0.25) is 0 Å². The van der Waals surface area contributed by atoms with E-state index in [-0.39, 0.29) is 11.9 Å². The SMILES string of the molecule is Cc1noc(C)c1C(=O)Nc1ccc(N2CCNC2=O)cc1. The maximum absolute atomic E-state index is 12.2. The molecule has 1 aliphatic rings. The number of nitrogens with one attached hydrogen (secondary N) is 2. The average Bonchev–Trinajstić information content (AvgIpc) is 3.06. The molecule has 7 heteroatoms. The molecule has 0 radical (unpaired) electrons. The van der Waals surface area contributed by atoms with E-state index in [1.807, 2.05) is 0 Å². The smallest absolute Gasteiger partial charge is 0.321 e. The van der Waals surface area contributed by atoms with Crippen LogP contribution >= 0.6 is 0 Å². The summed E-state index contributed by atoms with van der Waals surface area (Å²) in [5.74, 6) is 0.225. The first-order chi connectivity index (χ1) is 10.6. The summed E-state index contributed by atoms with van der Waals surface area (Å²) in [6.45, 7) is 4.71. The molecule has 7 nitrogen and oxygen atoms in total. The Kier molecular flexibility index (Phi) is 3.54. The molecule has 0 unspecified atom stereocenters. The highest BCUT2D eigenvalue weighted by Gasteiger charge is 2.21. The van der Waals surface area contributed by atoms with E-state index in [0.717, 1.165) is 5.69 Å². The largest absolute Gasteiger partial charge is 0.361 e. The van der Waals surface area contributed by atoms with Crippen LogP contribution < -0.4 is 15.5 Å². The van der Waals surface area contributed by atoms with Crippen molar-refractivity contribution in [3.05, 3.63) is 41.3 Å². The van der Waals surface area contributed by atoms with Crippen LogP contribution in [0.5, 0.6) is 0 Å². The number of urea groups is 1. The normalized spacial score (nSPS) is 14.1. The summed E-state index contributed by atoms with van der Waals surface area (Å²) in [5.41, 5.74) is 2.45. The van der Waals surface area contributed by atoms with Crippen molar-refractivity contribution in [1.82, 2.24) is 10.5 Å². The highest BCUT2D eigenvalue weighted by Crippen LogP contribution is 2.21. The van der Waals surface area contributed by atoms with Crippen molar-refractivity contribution in [2.45, 2.75) is 13.8 Å². The van der Waals surface area contributed by atoms with Gasteiger partial charge in [-0.2, -0.15) is 0 Å². The fraction of sp³-hybridized carbons (Fsp3) is 0.267. The van der Waals surface area contributed by atoms with Gasteiger partial charge in [-0.3, -0.25) is 9.69 Å². The van der Waals surface area contributed by atoms with Crippen molar-refractivity contribution < 1.29 is 14.1 Å². The minimum atomic E-state index is -0.261. The van der Waals surface area contributed by atoms with Gasteiger partial charge in [-0.05, 0) is 38.1 Å². The van der Waals surface area contributed by atoms with Gasteiger partial charge in [0.1, 0.15) is 11.3 Å². The van der Waals surface area contributed by atoms with Crippen LogP contribution in [0.25, 0.3) is 0 Å². The lowest BCUT2D eigenvalue weighted by molar-refractivity contribution is 0.102. The second kappa shape index (κ2) is 5.51. The third-order valence-corrected chi connectivity index (χ3v) is 3.55. The van der Waals surface area contributed by atoms with E-state index in [0.29, 0.717) is 35.8 Å². The molecule has 1 aromatic carbocycles. The number of hydrogen-bond acceptors (Lipinski definition) is 4. The van der Waals surface area contributed by atoms with Gasteiger partial charge in [0, 0.05) is 24.5 Å². The van der Waals surface area contributed by atoms with Crippen LogP contribution in [0.3, 0.4) is 0 Å². The van der Waals surface area contributed by atoms with Crippen LogP contribution in [0.15, 0.2) is 28.8 Å². The Morgan fingerprint density at radius 2 is 2.05 bits per heavy atom. The van der Waals surface area contributed by atoms with Gasteiger partial charge in [-0.25, -0.2) is 4.79 Å². The average molecular weight is 300 g/mol. The highest BCUT2D eigenvalue weighted by atomic mass is 16.5. The first-order valence-electron chi connectivity index (χ1n) is 6.96. The molecule has 2 aromatic rings. The van der Waals surface area contributed by atoms with Crippen LogP contribution in [-0.2, 0) is 0 Å². The van der Waals surface area contributed by atoms with Crippen LogP contribution in [0.2, 0.25) is 0 Å². The van der Waals surface area contributed by atoms with Gasteiger partial charge >= 0.3 is 6.03 Å². The Labute approximate surface area is 127 Å². The monoisotopic (exact) mass is 300 g/mol. The molecule has 2 N–H and O–H groups in total. The Morgan fingerprint density at radius 3 is 2.59 bits per heavy atom. The predicted octanol–water partition coefficient (Wildman–Crippen LogP) is 2.07. The molecule has 114 valence electrons. The van der Waals surface area contributed by atoms with E-state index in [2.05, 4.69) is 15.8 Å². The summed E-state index contributed by atoms with van der Waals surface area (Å²) in [4.78, 5) is 25.5. The van der Waals surface area contributed by atoms with E-state index in [1.54, 1.807) is 43.0 Å². The van der Waals surface area contributed by atoms with Gasteiger partial charge in [-0.1, -0.05) is 5.16 Å². The van der Waals surface area contributed by atoms with E-state index in [1.165, 1.54) is 0 Å². The van der Waals surface area contributed by atoms with Gasteiger partial charge < -0.3 is 15.2 Å². The topological polar surface area (TPSA) is 87.5 Å². The lowest BCUT2D eigenvalue weighted by Crippen LogP contribution is -2.27. The molecular weight excluding hydrogens is 284 g/mol. The molecule has 2 heterocycles. The maximum atomic E-state index is 12.2. The quantitative estimate of drug-likeness (QED) is 0.908. The molecule has 1 aromatic heterocycles. The van der Waals surface area contributed by atoms with Crippen molar-refractivity contribution in [1.29, 1.82) is 0 Å². The van der Waals surface area contributed by atoms with Gasteiger partial charge in [0.25, 0.3) is 5.91 Å². The number of benzene rings is 1. The number of carbonyl (C=O) groups is 2. The Bertz CT molecular complexity index is 701. The van der Waals surface area contributed by atoms with Gasteiger partial charge in [0.15, 0.2) is 0 Å². The number of amides is 3. The standard InChI is InChI=1S/C15H16N4O3/c1-9-13(10(2)22-18-9)14(20)17-11-3-5-12(6-4-11)19-8-7-16-15(19)21/h3-6H,7-8H2,1-2H3,(H,16,21)(H,17,20). The van der Waals surface area contributed by atoms with Crippen LogP contribution in [0, 0.1) is 13.8 Å². The summed E-state index contributed by atoms with van der Waals surface area (Å²) in [6, 6.07) is 7.02. The molecule has 22 heavy (non-hydrogen) atoms. The summed E-state index contributed by atoms with van der Waals surface area (Å²) in [5, 5.41) is 9.31. The lowest BCUT2D eigenvalue weighted by Gasteiger charge is -2.14. The number of aromatic nitrogens is 1. The predicted molar refractivity (Wildman–Crippen MR) is 81.1 cm³/mol. The zero-order valence-corrected chi connectivity index (χ0v) is 12.3. The van der Waals surface area contributed by atoms with Crippen molar-refractivity contribution in [3.8, 4) is 0 Å². The molecule has 0 atom stereocenters. The fourth-order valence-electron chi connectivity index (χ4n) is 2.44. The van der Waals surface area contributed by atoms with Crippen molar-refractivity contribution in [2.24, 2.45) is 0 Å². The van der Waals surface area contributed by atoms with Crippen molar-refractivity contribution in [2.75, 3.05) is 23.3 Å². The summed E-state index contributed by atoms with van der Waals surface area (Å²) in [6.07, 6.45) is 0. The van der Waals surface area contributed by atoms with E-state index in [9.17, 15) is 9.59 Å². The minimum absolute atomic E-state index is 0.104. The van der Waals surface area contributed by atoms with Crippen molar-refractivity contribution in [3.63, 3.8) is 0 Å². The van der Waals surface area contributed by atoms with Crippen LogP contribution in [-0.4, -0.2) is 30.2 Å². The Morgan fingerprint density at radius 1 is 1.32 bits per heavy atom. The number of anilines is 2. The third kappa shape index (κ3) is 2.52. The first kappa shape index (κ1) is 14.1. The third-order valence-electron chi connectivity index (χ3n) is 3.55. The second-order valence-electron chi connectivity index (χ2n) is 5.08. The Hall–Kier alpha value is -2.83. The van der Waals surface area contributed by atoms with E-state index < -0.39 is 0 Å². The maximum Gasteiger partial charge on any atom is 0.321 e.